The third-order valence-electron chi connectivity index (χ3n) is 2.22. The third-order valence-corrected chi connectivity index (χ3v) is 5.80. The van der Waals surface area contributed by atoms with Crippen LogP contribution in [0.1, 0.15) is 0 Å². The van der Waals surface area contributed by atoms with E-state index in [1.807, 2.05) is 30.3 Å². The lowest BCUT2D eigenvalue weighted by Gasteiger charge is -2.07. The molecule has 0 unspecified atom stereocenters. The Hall–Kier alpha value is -0.890. The number of hydrogen-bond donors (Lipinski definition) is 1. The highest BCUT2D eigenvalue weighted by Crippen LogP contribution is 2.25. The van der Waals surface area contributed by atoms with Crippen LogP contribution in [0.2, 0.25) is 0 Å². The molecule has 2 rings (SSSR count). The normalized spacial score (nSPS) is 11.4. The van der Waals surface area contributed by atoms with Crippen LogP contribution in [0.3, 0.4) is 0 Å². The lowest BCUT2D eigenvalue weighted by molar-refractivity contribution is 0.323. The fourth-order valence-corrected chi connectivity index (χ4v) is 4.44. The Morgan fingerprint density at radius 1 is 1.16 bits per heavy atom. The predicted molar refractivity (Wildman–Crippen MR) is 79.1 cm³/mol. The van der Waals surface area contributed by atoms with Crippen molar-refractivity contribution in [2.45, 2.75) is 4.21 Å². The molecule has 1 aromatic carbocycles. The molecule has 0 aliphatic heterocycles. The van der Waals surface area contributed by atoms with Gasteiger partial charge < -0.3 is 4.74 Å². The fourth-order valence-electron chi connectivity index (χ4n) is 1.37. The molecule has 4 nitrogen and oxygen atoms in total. The minimum absolute atomic E-state index is 0.229. The van der Waals surface area contributed by atoms with Crippen LogP contribution in [-0.2, 0) is 10.0 Å². The second-order valence-corrected chi connectivity index (χ2v) is 8.07. The van der Waals surface area contributed by atoms with Gasteiger partial charge in [0, 0.05) is 6.54 Å². The Balaban J connectivity index is 1.83. The fraction of sp³-hybridized carbons (Fsp3) is 0.167. The molecule has 102 valence electrons. The first kappa shape index (κ1) is 14.5. The van der Waals surface area contributed by atoms with Crippen molar-refractivity contribution in [1.29, 1.82) is 0 Å². The lowest BCUT2D eigenvalue weighted by Crippen LogP contribution is -2.27. The molecular weight excluding hydrogens is 350 g/mol. The average molecular weight is 362 g/mol. The van der Waals surface area contributed by atoms with Gasteiger partial charge in [-0.25, -0.2) is 13.1 Å². The van der Waals surface area contributed by atoms with Gasteiger partial charge in [0.25, 0.3) is 0 Å². The summed E-state index contributed by atoms with van der Waals surface area (Å²) in [7, 11) is -3.44. The number of nitrogens with one attached hydrogen (secondary N) is 1. The maximum Gasteiger partial charge on any atom is 0.250 e. The highest BCUT2D eigenvalue weighted by molar-refractivity contribution is 9.11. The first-order valence-corrected chi connectivity index (χ1v) is 8.60. The summed E-state index contributed by atoms with van der Waals surface area (Å²) in [6, 6.07) is 12.5. The highest BCUT2D eigenvalue weighted by atomic mass is 79.9. The largest absolute Gasteiger partial charge is 0.492 e. The summed E-state index contributed by atoms with van der Waals surface area (Å²) in [5.74, 6) is 0.723. The summed E-state index contributed by atoms with van der Waals surface area (Å²) in [6.07, 6.45) is 0. The van der Waals surface area contributed by atoms with E-state index in [1.165, 1.54) is 11.3 Å². The van der Waals surface area contributed by atoms with Crippen molar-refractivity contribution < 1.29 is 13.2 Å². The zero-order valence-corrected chi connectivity index (χ0v) is 13.1. The molecule has 0 spiro atoms. The van der Waals surface area contributed by atoms with Gasteiger partial charge in [-0.2, -0.15) is 0 Å². The lowest BCUT2D eigenvalue weighted by atomic mass is 10.3. The van der Waals surface area contributed by atoms with Gasteiger partial charge in [-0.3, -0.25) is 0 Å². The Bertz CT molecular complexity index is 625. The molecule has 19 heavy (non-hydrogen) atoms. The second-order valence-electron chi connectivity index (χ2n) is 3.62. The quantitative estimate of drug-likeness (QED) is 0.804. The summed E-state index contributed by atoms with van der Waals surface area (Å²) >= 11 is 4.41. The number of thiophene rings is 1. The molecular formula is C12H12BrNO3S2. The van der Waals surface area contributed by atoms with E-state index < -0.39 is 10.0 Å². The number of benzene rings is 1. The summed E-state index contributed by atoms with van der Waals surface area (Å²) < 4.78 is 32.7. The Morgan fingerprint density at radius 2 is 1.89 bits per heavy atom. The van der Waals surface area contributed by atoms with Crippen LogP contribution in [0.15, 0.2) is 50.5 Å². The van der Waals surface area contributed by atoms with E-state index in [0.717, 1.165) is 9.54 Å². The minimum Gasteiger partial charge on any atom is -0.492 e. The van der Waals surface area contributed by atoms with Crippen molar-refractivity contribution in [3.63, 3.8) is 0 Å². The highest BCUT2D eigenvalue weighted by Gasteiger charge is 2.15. The van der Waals surface area contributed by atoms with Gasteiger partial charge in [0.05, 0.1) is 3.79 Å². The maximum absolute atomic E-state index is 11.9. The molecule has 1 aromatic heterocycles. The van der Waals surface area contributed by atoms with E-state index in [0.29, 0.717) is 4.21 Å². The molecule has 0 aliphatic rings. The standard InChI is InChI=1S/C12H12BrNO3S2/c13-11-6-7-12(18-11)19(15,16)14-8-9-17-10-4-2-1-3-5-10/h1-7,14H,8-9H2. The van der Waals surface area contributed by atoms with Gasteiger partial charge >= 0.3 is 0 Å². The van der Waals surface area contributed by atoms with Crippen molar-refractivity contribution in [1.82, 2.24) is 4.72 Å². The topological polar surface area (TPSA) is 55.4 Å². The number of sulfonamides is 1. The molecule has 0 amide bonds. The molecule has 2 aromatic rings. The Kier molecular flexibility index (Phi) is 4.98. The number of ether oxygens (including phenoxy) is 1. The molecule has 0 fully saturated rings. The number of rotatable bonds is 6. The minimum atomic E-state index is -3.44. The van der Waals surface area contributed by atoms with Crippen LogP contribution in [0.4, 0.5) is 0 Å². The molecule has 0 saturated carbocycles. The van der Waals surface area contributed by atoms with Crippen molar-refractivity contribution in [3.05, 3.63) is 46.3 Å². The van der Waals surface area contributed by atoms with Crippen LogP contribution in [-0.4, -0.2) is 21.6 Å². The van der Waals surface area contributed by atoms with Crippen LogP contribution in [0, 0.1) is 0 Å². The molecule has 1 heterocycles. The second kappa shape index (κ2) is 6.51. The van der Waals surface area contributed by atoms with Crippen LogP contribution in [0.25, 0.3) is 0 Å². The number of hydrogen-bond acceptors (Lipinski definition) is 4. The van der Waals surface area contributed by atoms with Crippen molar-refractivity contribution >= 4 is 37.3 Å². The zero-order chi connectivity index (χ0) is 13.7. The van der Waals surface area contributed by atoms with Crippen LogP contribution in [0.5, 0.6) is 5.75 Å². The summed E-state index contributed by atoms with van der Waals surface area (Å²) in [5, 5.41) is 0. The molecule has 1 N–H and O–H groups in total. The zero-order valence-electron chi connectivity index (χ0n) is 9.87. The molecule has 0 aliphatic carbocycles. The molecule has 0 atom stereocenters. The molecule has 0 bridgehead atoms. The van der Waals surface area contributed by atoms with Gasteiger partial charge in [0.2, 0.25) is 10.0 Å². The third kappa shape index (κ3) is 4.31. The van der Waals surface area contributed by atoms with E-state index >= 15 is 0 Å². The van der Waals surface area contributed by atoms with E-state index in [2.05, 4.69) is 20.7 Å². The van der Waals surface area contributed by atoms with E-state index in [1.54, 1.807) is 12.1 Å². The van der Waals surface area contributed by atoms with Gasteiger partial charge in [0.1, 0.15) is 16.6 Å². The average Bonchev–Trinajstić information content (AvgIpc) is 2.84. The van der Waals surface area contributed by atoms with E-state index in [-0.39, 0.29) is 13.2 Å². The van der Waals surface area contributed by atoms with Crippen molar-refractivity contribution in [2.24, 2.45) is 0 Å². The van der Waals surface area contributed by atoms with Gasteiger partial charge in [0.15, 0.2) is 0 Å². The molecule has 0 saturated heterocycles. The molecule has 0 radical (unpaired) electrons. The van der Waals surface area contributed by atoms with Crippen molar-refractivity contribution in [2.75, 3.05) is 13.2 Å². The monoisotopic (exact) mass is 361 g/mol. The first-order chi connectivity index (χ1) is 9.08. The van der Waals surface area contributed by atoms with Crippen molar-refractivity contribution in [3.8, 4) is 5.75 Å². The summed E-state index contributed by atoms with van der Waals surface area (Å²) in [4.78, 5) is 0. The van der Waals surface area contributed by atoms with Gasteiger partial charge in [-0.1, -0.05) is 18.2 Å². The van der Waals surface area contributed by atoms with Crippen LogP contribution >= 0.6 is 27.3 Å². The van der Waals surface area contributed by atoms with E-state index in [9.17, 15) is 8.42 Å². The number of halogens is 1. The van der Waals surface area contributed by atoms with Gasteiger partial charge in [-0.15, -0.1) is 11.3 Å². The van der Waals surface area contributed by atoms with E-state index in [4.69, 9.17) is 4.74 Å². The summed E-state index contributed by atoms with van der Waals surface area (Å²) in [6.45, 7) is 0.516. The van der Waals surface area contributed by atoms with Crippen LogP contribution < -0.4 is 9.46 Å². The molecule has 7 heteroatoms. The van der Waals surface area contributed by atoms with Gasteiger partial charge in [-0.05, 0) is 40.2 Å². The first-order valence-electron chi connectivity index (χ1n) is 5.51. The Morgan fingerprint density at radius 3 is 2.53 bits per heavy atom. The SMILES string of the molecule is O=S(=O)(NCCOc1ccccc1)c1ccc(Br)s1. The smallest absolute Gasteiger partial charge is 0.250 e. The Labute approximate surface area is 124 Å². The number of para-hydroxylation sites is 1. The summed E-state index contributed by atoms with van der Waals surface area (Å²) in [5.41, 5.74) is 0. The predicted octanol–water partition coefficient (Wildman–Crippen LogP) is 2.87. The maximum atomic E-state index is 11.9.